The van der Waals surface area contributed by atoms with Gasteiger partial charge >= 0.3 is 5.97 Å². The molecule has 3 heterocycles. The van der Waals surface area contributed by atoms with Gasteiger partial charge < -0.3 is 19.9 Å². The Hall–Kier alpha value is -4.33. The van der Waals surface area contributed by atoms with Gasteiger partial charge in [0.25, 0.3) is 5.56 Å². The summed E-state index contributed by atoms with van der Waals surface area (Å²) in [5.41, 5.74) is 6.61. The average Bonchev–Trinajstić information content (AvgIpc) is 2.95. The van der Waals surface area contributed by atoms with Crippen molar-refractivity contribution in [2.45, 2.75) is 33.7 Å². The van der Waals surface area contributed by atoms with Crippen molar-refractivity contribution in [3.63, 3.8) is 0 Å². The number of aryl methyl sites for hydroxylation is 2. The first kappa shape index (κ1) is 26.3. The van der Waals surface area contributed by atoms with Gasteiger partial charge in [-0.3, -0.25) is 9.20 Å². The zero-order valence-corrected chi connectivity index (χ0v) is 23.2. The van der Waals surface area contributed by atoms with Crippen molar-refractivity contribution in [2.75, 3.05) is 48.4 Å². The molecule has 8 heteroatoms. The van der Waals surface area contributed by atoms with Gasteiger partial charge in [-0.05, 0) is 63.6 Å². The van der Waals surface area contributed by atoms with E-state index in [4.69, 9.17) is 9.72 Å². The molecule has 1 atom stereocenters. The third-order valence-electron chi connectivity index (χ3n) is 7.44. The van der Waals surface area contributed by atoms with Gasteiger partial charge in [0, 0.05) is 49.3 Å². The number of piperazine rings is 1. The minimum Gasteiger partial charge on any atom is -0.465 e. The highest BCUT2D eigenvalue weighted by atomic mass is 16.5. The largest absolute Gasteiger partial charge is 0.465 e. The molecule has 1 fully saturated rings. The molecule has 202 valence electrons. The lowest BCUT2D eigenvalue weighted by Crippen LogP contribution is -2.47. The Balaban J connectivity index is 1.48. The number of methoxy groups -OCH3 is 1. The number of benzene rings is 2. The first-order valence-corrected chi connectivity index (χ1v) is 13.3. The molecule has 0 saturated carbocycles. The summed E-state index contributed by atoms with van der Waals surface area (Å²) >= 11 is 0. The van der Waals surface area contributed by atoms with Gasteiger partial charge in [-0.15, -0.1) is 0 Å². The smallest absolute Gasteiger partial charge is 0.339 e. The van der Waals surface area contributed by atoms with Crippen molar-refractivity contribution < 1.29 is 9.53 Å². The van der Waals surface area contributed by atoms with E-state index in [9.17, 15) is 9.59 Å². The summed E-state index contributed by atoms with van der Waals surface area (Å²) in [5.74, 6) is 0.326. The fraction of sp³-hybridized carbons (Fsp3) is 0.323. The van der Waals surface area contributed by atoms with Crippen LogP contribution in [0.2, 0.25) is 0 Å². The van der Waals surface area contributed by atoms with Crippen LogP contribution < -0.4 is 20.7 Å². The van der Waals surface area contributed by atoms with E-state index < -0.39 is 5.97 Å². The van der Waals surface area contributed by atoms with E-state index in [1.807, 2.05) is 39.1 Å². The number of carbonyl (C=O) groups excluding carboxylic acids is 1. The van der Waals surface area contributed by atoms with Crippen molar-refractivity contribution in [2.24, 2.45) is 0 Å². The van der Waals surface area contributed by atoms with Crippen LogP contribution >= 0.6 is 0 Å². The van der Waals surface area contributed by atoms with E-state index in [0.717, 1.165) is 43.1 Å². The fourth-order valence-electron chi connectivity index (χ4n) is 5.25. The SMILES string of the molecule is COC(=O)c1ccccc1NC(C)c1cc(C)cn2c(=O)c(C)c(N3CCN(c4ccc(C)cc4)CC3)nc12. The highest BCUT2D eigenvalue weighted by molar-refractivity contribution is 5.95. The Morgan fingerprint density at radius 2 is 1.62 bits per heavy atom. The number of hydrogen-bond donors (Lipinski definition) is 1. The molecule has 39 heavy (non-hydrogen) atoms. The van der Waals surface area contributed by atoms with E-state index in [1.54, 1.807) is 16.5 Å². The first-order valence-electron chi connectivity index (χ1n) is 13.3. The van der Waals surface area contributed by atoms with Gasteiger partial charge in [-0.2, -0.15) is 0 Å². The van der Waals surface area contributed by atoms with Gasteiger partial charge in [0.1, 0.15) is 11.5 Å². The van der Waals surface area contributed by atoms with Crippen LogP contribution in [0.5, 0.6) is 0 Å². The molecule has 0 spiro atoms. The van der Waals surface area contributed by atoms with Crippen LogP contribution in [0.1, 0.15) is 45.6 Å². The van der Waals surface area contributed by atoms with E-state index in [0.29, 0.717) is 22.5 Å². The third kappa shape index (κ3) is 5.19. The summed E-state index contributed by atoms with van der Waals surface area (Å²) in [6, 6.07) is 17.7. The number of pyridine rings is 1. The molecule has 1 aliphatic rings. The van der Waals surface area contributed by atoms with Crippen molar-refractivity contribution in [1.82, 2.24) is 9.38 Å². The summed E-state index contributed by atoms with van der Waals surface area (Å²) < 4.78 is 6.61. The molecule has 0 aliphatic carbocycles. The summed E-state index contributed by atoms with van der Waals surface area (Å²) in [7, 11) is 1.37. The summed E-state index contributed by atoms with van der Waals surface area (Å²) in [6.07, 6.45) is 1.84. The molecular weight excluding hydrogens is 490 g/mol. The lowest BCUT2D eigenvalue weighted by Gasteiger charge is -2.37. The number of aromatic nitrogens is 2. The number of para-hydroxylation sites is 1. The minimum atomic E-state index is -0.406. The number of rotatable bonds is 6. The van der Waals surface area contributed by atoms with Crippen molar-refractivity contribution in [1.29, 1.82) is 0 Å². The predicted molar refractivity (Wildman–Crippen MR) is 156 cm³/mol. The third-order valence-corrected chi connectivity index (χ3v) is 7.44. The highest BCUT2D eigenvalue weighted by Crippen LogP contribution is 2.28. The van der Waals surface area contributed by atoms with E-state index in [2.05, 4.69) is 52.4 Å². The molecule has 2 aromatic carbocycles. The molecule has 1 aliphatic heterocycles. The summed E-state index contributed by atoms with van der Waals surface area (Å²) in [4.78, 5) is 35.6. The van der Waals surface area contributed by atoms with Gasteiger partial charge in [-0.1, -0.05) is 29.8 Å². The molecule has 0 radical (unpaired) electrons. The number of nitrogens with one attached hydrogen (secondary N) is 1. The second-order valence-electron chi connectivity index (χ2n) is 10.2. The Kier molecular flexibility index (Phi) is 7.28. The van der Waals surface area contributed by atoms with Crippen molar-refractivity contribution in [3.05, 3.63) is 99.0 Å². The number of carbonyl (C=O) groups is 1. The first-order chi connectivity index (χ1) is 18.8. The van der Waals surface area contributed by atoms with Crippen LogP contribution in [0.3, 0.4) is 0 Å². The van der Waals surface area contributed by atoms with E-state index >= 15 is 0 Å². The number of esters is 1. The summed E-state index contributed by atoms with van der Waals surface area (Å²) in [6.45, 7) is 11.2. The number of hydrogen-bond acceptors (Lipinski definition) is 7. The molecule has 5 rings (SSSR count). The standard InChI is InChI=1S/C31H35N5O3/c1-20-10-12-24(13-11-20)34-14-16-35(17-15-34)28-22(3)30(37)36-19-21(2)18-26(29(36)33-28)23(4)32-27-9-7-6-8-25(27)31(38)39-5/h6-13,18-19,23,32H,14-17H2,1-5H3. The van der Waals surface area contributed by atoms with Crippen LogP contribution in [-0.2, 0) is 4.74 Å². The number of ether oxygens (including phenoxy) is 1. The molecule has 2 aromatic heterocycles. The second-order valence-corrected chi connectivity index (χ2v) is 10.2. The van der Waals surface area contributed by atoms with Gasteiger partial charge in [-0.25, -0.2) is 9.78 Å². The number of fused-ring (bicyclic) bond motifs is 1. The van der Waals surface area contributed by atoms with Crippen LogP contribution in [-0.4, -0.2) is 48.6 Å². The van der Waals surface area contributed by atoms with Crippen LogP contribution in [0.15, 0.2) is 65.6 Å². The molecule has 1 unspecified atom stereocenters. The molecule has 1 N–H and O–H groups in total. The molecule has 1 saturated heterocycles. The number of nitrogens with zero attached hydrogens (tertiary/aromatic N) is 4. The highest BCUT2D eigenvalue weighted by Gasteiger charge is 2.24. The normalized spacial score (nSPS) is 14.4. The lowest BCUT2D eigenvalue weighted by molar-refractivity contribution is 0.0602. The van der Waals surface area contributed by atoms with E-state index in [1.165, 1.54) is 18.4 Å². The lowest BCUT2D eigenvalue weighted by atomic mass is 10.1. The zero-order chi connectivity index (χ0) is 27.7. The zero-order valence-electron chi connectivity index (χ0n) is 23.2. The monoisotopic (exact) mass is 525 g/mol. The Labute approximate surface area is 228 Å². The molecule has 4 aromatic rings. The minimum absolute atomic E-state index is 0.0666. The predicted octanol–water partition coefficient (Wildman–Crippen LogP) is 4.91. The van der Waals surface area contributed by atoms with Gasteiger partial charge in [0.15, 0.2) is 0 Å². The fourth-order valence-corrected chi connectivity index (χ4v) is 5.25. The van der Waals surface area contributed by atoms with Gasteiger partial charge in [0.05, 0.1) is 24.3 Å². The maximum Gasteiger partial charge on any atom is 0.339 e. The van der Waals surface area contributed by atoms with Crippen molar-refractivity contribution in [3.8, 4) is 0 Å². The summed E-state index contributed by atoms with van der Waals surface area (Å²) in [5, 5.41) is 3.45. The maximum atomic E-state index is 13.6. The Morgan fingerprint density at radius 1 is 0.949 bits per heavy atom. The van der Waals surface area contributed by atoms with E-state index in [-0.39, 0.29) is 11.6 Å². The maximum absolute atomic E-state index is 13.6. The molecule has 8 nitrogen and oxygen atoms in total. The quantitative estimate of drug-likeness (QED) is 0.359. The van der Waals surface area contributed by atoms with Crippen LogP contribution in [0.25, 0.3) is 5.65 Å². The number of anilines is 3. The van der Waals surface area contributed by atoms with Crippen molar-refractivity contribution >= 4 is 28.8 Å². The molecule has 0 bridgehead atoms. The second kappa shape index (κ2) is 10.8. The van der Waals surface area contributed by atoms with Crippen LogP contribution in [0.4, 0.5) is 17.2 Å². The molecular formula is C31H35N5O3. The molecule has 0 amide bonds. The average molecular weight is 526 g/mol. The van der Waals surface area contributed by atoms with Crippen LogP contribution in [0, 0.1) is 20.8 Å². The topological polar surface area (TPSA) is 79.2 Å². The Morgan fingerprint density at radius 3 is 2.31 bits per heavy atom. The Bertz CT molecular complexity index is 1570. The van der Waals surface area contributed by atoms with Gasteiger partial charge in [0.2, 0.25) is 0 Å².